The summed E-state index contributed by atoms with van der Waals surface area (Å²) >= 11 is 1.46. The quantitative estimate of drug-likeness (QED) is 0.778. The van der Waals surface area contributed by atoms with Crippen molar-refractivity contribution in [2.24, 2.45) is 5.41 Å². The van der Waals surface area contributed by atoms with E-state index < -0.39 is 0 Å². The Morgan fingerprint density at radius 3 is 2.78 bits per heavy atom. The molecule has 2 aliphatic rings. The minimum Gasteiger partial charge on any atom is -0.224 e. The van der Waals surface area contributed by atoms with Crippen LogP contribution in [0, 0.1) is 11.2 Å². The van der Waals surface area contributed by atoms with Gasteiger partial charge < -0.3 is 0 Å². The van der Waals surface area contributed by atoms with Crippen molar-refractivity contribution in [3.63, 3.8) is 0 Å². The van der Waals surface area contributed by atoms with E-state index in [2.05, 4.69) is 31.0 Å². The fourth-order valence-electron chi connectivity index (χ4n) is 4.18. The fourth-order valence-corrected chi connectivity index (χ4v) is 4.95. The zero-order chi connectivity index (χ0) is 16.2. The summed E-state index contributed by atoms with van der Waals surface area (Å²) in [4.78, 5) is 4.81. The lowest BCUT2D eigenvalue weighted by Gasteiger charge is -2.33. The van der Waals surface area contributed by atoms with E-state index in [4.69, 9.17) is 4.98 Å². The summed E-state index contributed by atoms with van der Waals surface area (Å²) in [5, 5.41) is 9.43. The summed E-state index contributed by atoms with van der Waals surface area (Å²) in [5.41, 5.74) is 3.14. The maximum absolute atomic E-state index is 13.7. The zero-order valence-corrected chi connectivity index (χ0v) is 14.5. The minimum absolute atomic E-state index is 0.0796. The Hall–Kier alpha value is -1.49. The van der Waals surface area contributed by atoms with Crippen molar-refractivity contribution in [3.8, 4) is 0 Å². The third kappa shape index (κ3) is 2.05. The van der Waals surface area contributed by atoms with Crippen LogP contribution in [0.4, 0.5) is 4.39 Å². The van der Waals surface area contributed by atoms with E-state index in [0.717, 1.165) is 17.8 Å². The minimum atomic E-state index is -0.179. The smallest absolute Gasteiger partial charge is 0.209 e. The number of fused-ring (bicyclic) bond motifs is 5. The molecule has 0 aliphatic heterocycles. The molecule has 1 fully saturated rings. The summed E-state index contributed by atoms with van der Waals surface area (Å²) in [6, 6.07) is 6.84. The Bertz CT molecular complexity index is 777. The van der Waals surface area contributed by atoms with Gasteiger partial charge in [0, 0.05) is 17.1 Å². The van der Waals surface area contributed by atoms with Crippen molar-refractivity contribution >= 4 is 11.8 Å². The Morgan fingerprint density at radius 1 is 1.22 bits per heavy atom. The molecule has 1 aromatic heterocycles. The summed E-state index contributed by atoms with van der Waals surface area (Å²) in [6.45, 7) is 6.94. The van der Waals surface area contributed by atoms with Gasteiger partial charge in [-0.2, -0.15) is 5.10 Å². The topological polar surface area (TPSA) is 38.7 Å². The van der Waals surface area contributed by atoms with E-state index in [9.17, 15) is 4.39 Å². The van der Waals surface area contributed by atoms with Crippen molar-refractivity contribution in [1.82, 2.24) is 15.2 Å². The summed E-state index contributed by atoms with van der Waals surface area (Å²) in [7, 11) is 0. The van der Waals surface area contributed by atoms with Gasteiger partial charge >= 0.3 is 0 Å². The SMILES string of the molecule is CC1(C)[C@@H]2CC[C@]1(C)c1nc(SCc3ccccc3F)nnc12. The van der Waals surface area contributed by atoms with Crippen molar-refractivity contribution in [1.29, 1.82) is 0 Å². The number of rotatable bonds is 3. The number of halogens is 1. The molecule has 2 bridgehead atoms. The largest absolute Gasteiger partial charge is 0.224 e. The molecule has 1 saturated carbocycles. The number of hydrogen-bond acceptors (Lipinski definition) is 4. The highest BCUT2D eigenvalue weighted by Gasteiger charge is 2.61. The maximum Gasteiger partial charge on any atom is 0.209 e. The molecule has 120 valence electrons. The van der Waals surface area contributed by atoms with Crippen LogP contribution in [0.1, 0.15) is 56.5 Å². The third-order valence-electron chi connectivity index (χ3n) is 6.09. The Balaban J connectivity index is 1.62. The van der Waals surface area contributed by atoms with Crippen LogP contribution in [-0.4, -0.2) is 15.2 Å². The molecule has 1 heterocycles. The van der Waals surface area contributed by atoms with E-state index in [0.29, 0.717) is 22.4 Å². The highest BCUT2D eigenvalue weighted by molar-refractivity contribution is 7.98. The summed E-state index contributed by atoms with van der Waals surface area (Å²) in [5.74, 6) is 0.811. The zero-order valence-electron chi connectivity index (χ0n) is 13.6. The summed E-state index contributed by atoms with van der Waals surface area (Å²) in [6.07, 6.45) is 2.34. The van der Waals surface area contributed by atoms with Gasteiger partial charge in [0.05, 0.1) is 11.4 Å². The van der Waals surface area contributed by atoms with Crippen LogP contribution in [-0.2, 0) is 11.2 Å². The van der Waals surface area contributed by atoms with Gasteiger partial charge in [0.25, 0.3) is 0 Å². The monoisotopic (exact) mass is 329 g/mol. The lowest BCUT2D eigenvalue weighted by Crippen LogP contribution is -2.32. The number of thioether (sulfide) groups is 1. The van der Waals surface area contributed by atoms with E-state index in [-0.39, 0.29) is 16.6 Å². The van der Waals surface area contributed by atoms with Crippen LogP contribution in [0.15, 0.2) is 29.4 Å². The molecule has 0 radical (unpaired) electrons. The molecule has 2 aromatic rings. The molecule has 0 unspecified atom stereocenters. The molecule has 1 aromatic carbocycles. The number of benzene rings is 1. The molecule has 0 saturated heterocycles. The van der Waals surface area contributed by atoms with Gasteiger partial charge in [0.2, 0.25) is 5.16 Å². The molecular weight excluding hydrogens is 309 g/mol. The second-order valence-electron chi connectivity index (χ2n) is 7.35. The number of hydrogen-bond donors (Lipinski definition) is 0. The molecule has 23 heavy (non-hydrogen) atoms. The molecule has 2 atom stereocenters. The molecule has 0 N–H and O–H groups in total. The number of aromatic nitrogens is 3. The molecule has 4 rings (SSSR count). The molecule has 0 spiro atoms. The molecular formula is C18H20FN3S. The van der Waals surface area contributed by atoms with E-state index in [1.807, 2.05) is 6.07 Å². The van der Waals surface area contributed by atoms with E-state index in [1.54, 1.807) is 12.1 Å². The number of nitrogens with zero attached hydrogens (tertiary/aromatic N) is 3. The molecule has 2 aliphatic carbocycles. The third-order valence-corrected chi connectivity index (χ3v) is 6.97. The first kappa shape index (κ1) is 15.1. The van der Waals surface area contributed by atoms with Gasteiger partial charge in [0.1, 0.15) is 5.82 Å². The molecule has 5 heteroatoms. The standard InChI is InChI=1S/C18H20FN3S/c1-17(2)12-8-9-18(17,3)15-14(12)21-22-16(20-15)23-10-11-6-4-5-7-13(11)19/h4-7,12H,8-10H2,1-3H3/t12-,18-/m1/s1. The van der Waals surface area contributed by atoms with Gasteiger partial charge in [-0.25, -0.2) is 9.37 Å². The van der Waals surface area contributed by atoms with Crippen molar-refractivity contribution < 1.29 is 4.39 Å². The Labute approximate surface area is 140 Å². The lowest BCUT2D eigenvalue weighted by atomic mass is 9.70. The van der Waals surface area contributed by atoms with Crippen LogP contribution in [0.2, 0.25) is 0 Å². The molecule has 3 nitrogen and oxygen atoms in total. The maximum atomic E-state index is 13.7. The van der Waals surface area contributed by atoms with Crippen molar-refractivity contribution in [3.05, 3.63) is 47.0 Å². The summed E-state index contributed by atoms with van der Waals surface area (Å²) < 4.78 is 13.7. The van der Waals surface area contributed by atoms with Crippen molar-refractivity contribution in [2.75, 3.05) is 0 Å². The normalized spacial score (nSPS) is 27.2. The first-order valence-corrected chi connectivity index (χ1v) is 9.03. The van der Waals surface area contributed by atoms with Gasteiger partial charge in [-0.3, -0.25) is 0 Å². The highest BCUT2D eigenvalue weighted by Crippen LogP contribution is 2.66. The van der Waals surface area contributed by atoms with Gasteiger partial charge in [-0.1, -0.05) is 50.7 Å². The van der Waals surface area contributed by atoms with Crippen LogP contribution < -0.4 is 0 Å². The van der Waals surface area contributed by atoms with E-state index >= 15 is 0 Å². The predicted octanol–water partition coefficient (Wildman–Crippen LogP) is 4.48. The lowest BCUT2D eigenvalue weighted by molar-refractivity contribution is 0.226. The van der Waals surface area contributed by atoms with Crippen LogP contribution in [0.5, 0.6) is 0 Å². The Morgan fingerprint density at radius 2 is 2.00 bits per heavy atom. The first-order chi connectivity index (χ1) is 10.9. The van der Waals surface area contributed by atoms with E-state index in [1.165, 1.54) is 24.2 Å². The van der Waals surface area contributed by atoms with Crippen molar-refractivity contribution in [2.45, 2.75) is 55.9 Å². The average Bonchev–Trinajstić information content (AvgIpc) is 2.86. The van der Waals surface area contributed by atoms with Crippen LogP contribution >= 0.6 is 11.8 Å². The average molecular weight is 329 g/mol. The highest BCUT2D eigenvalue weighted by atomic mass is 32.2. The van der Waals surface area contributed by atoms with Gasteiger partial charge in [-0.15, -0.1) is 5.10 Å². The van der Waals surface area contributed by atoms with Crippen LogP contribution in [0.25, 0.3) is 0 Å². The fraction of sp³-hybridized carbons (Fsp3) is 0.500. The van der Waals surface area contributed by atoms with Gasteiger partial charge in [0.15, 0.2) is 0 Å². The second-order valence-corrected chi connectivity index (χ2v) is 8.30. The molecule has 0 amide bonds. The first-order valence-electron chi connectivity index (χ1n) is 8.05. The Kier molecular flexibility index (Phi) is 3.28. The van der Waals surface area contributed by atoms with Crippen LogP contribution in [0.3, 0.4) is 0 Å². The predicted molar refractivity (Wildman–Crippen MR) is 88.9 cm³/mol. The second kappa shape index (κ2) is 5.00. The van der Waals surface area contributed by atoms with Gasteiger partial charge in [-0.05, 0) is 29.9 Å².